The van der Waals surface area contributed by atoms with Gasteiger partial charge in [0.2, 0.25) is 5.75 Å². The molecule has 2 aromatic carbocycles. The van der Waals surface area contributed by atoms with Crippen LogP contribution in [0.4, 0.5) is 0 Å². The summed E-state index contributed by atoms with van der Waals surface area (Å²) in [4.78, 5) is 24.1. The Kier molecular flexibility index (Phi) is 8.09. The van der Waals surface area contributed by atoms with Gasteiger partial charge in [-0.2, -0.15) is 0 Å². The van der Waals surface area contributed by atoms with Crippen molar-refractivity contribution < 1.29 is 23.8 Å². The van der Waals surface area contributed by atoms with Crippen LogP contribution >= 0.6 is 0 Å². The third kappa shape index (κ3) is 5.65. The zero-order chi connectivity index (χ0) is 22.3. The first kappa shape index (κ1) is 23.1. The lowest BCUT2D eigenvalue weighted by Crippen LogP contribution is -2.31. The first-order valence-electron chi connectivity index (χ1n) is 9.87. The van der Waals surface area contributed by atoms with Gasteiger partial charge in [-0.3, -0.25) is 9.59 Å². The summed E-state index contributed by atoms with van der Waals surface area (Å²) < 4.78 is 16.1. The van der Waals surface area contributed by atoms with Gasteiger partial charge in [0.15, 0.2) is 18.1 Å². The third-order valence-electron chi connectivity index (χ3n) is 4.78. The fourth-order valence-corrected chi connectivity index (χ4v) is 3.12. The normalized spacial score (nSPS) is 11.7. The Labute approximate surface area is 177 Å². The van der Waals surface area contributed by atoms with Crippen molar-refractivity contribution in [3.8, 4) is 17.2 Å². The number of carbonyl (C=O) groups is 2. The zero-order valence-corrected chi connectivity index (χ0v) is 18.2. The number of nitrogens with two attached hydrogens (primary N) is 1. The topological polar surface area (TPSA) is 99.9 Å². The maximum absolute atomic E-state index is 13.0. The van der Waals surface area contributed by atoms with Crippen molar-refractivity contribution in [1.82, 2.24) is 5.32 Å². The largest absolute Gasteiger partial charge is 0.493 e. The van der Waals surface area contributed by atoms with Crippen molar-refractivity contribution in [2.24, 2.45) is 11.7 Å². The van der Waals surface area contributed by atoms with Gasteiger partial charge >= 0.3 is 0 Å². The first-order chi connectivity index (χ1) is 14.3. The molecule has 0 aliphatic carbocycles. The van der Waals surface area contributed by atoms with E-state index in [1.807, 2.05) is 12.1 Å². The highest BCUT2D eigenvalue weighted by atomic mass is 16.5. The minimum Gasteiger partial charge on any atom is -0.493 e. The summed E-state index contributed by atoms with van der Waals surface area (Å²) in [6.07, 6.45) is 0.961. The average molecular weight is 415 g/mol. The van der Waals surface area contributed by atoms with E-state index in [-0.39, 0.29) is 41.7 Å². The minimum absolute atomic E-state index is 0.161. The van der Waals surface area contributed by atoms with Gasteiger partial charge in [0.25, 0.3) is 11.8 Å². The van der Waals surface area contributed by atoms with Crippen molar-refractivity contribution in [3.63, 3.8) is 0 Å². The van der Waals surface area contributed by atoms with Gasteiger partial charge in [0.1, 0.15) is 0 Å². The van der Waals surface area contributed by atoms with Crippen LogP contribution in [0.25, 0.3) is 0 Å². The second-order valence-corrected chi connectivity index (χ2v) is 7.26. The quantitative estimate of drug-likeness (QED) is 0.622. The molecule has 2 rings (SSSR count). The lowest BCUT2D eigenvalue weighted by Gasteiger charge is -2.24. The number of carbonyl (C=O) groups excluding carboxylic acids is 2. The van der Waals surface area contributed by atoms with E-state index in [4.69, 9.17) is 19.9 Å². The summed E-state index contributed by atoms with van der Waals surface area (Å²) >= 11 is 0. The maximum atomic E-state index is 13.0. The van der Waals surface area contributed by atoms with Crippen LogP contribution in [0.15, 0.2) is 36.4 Å². The smallest absolute Gasteiger partial charge is 0.255 e. The maximum Gasteiger partial charge on any atom is 0.255 e. The van der Waals surface area contributed by atoms with Crippen molar-refractivity contribution in [1.29, 1.82) is 0 Å². The number of hydrogen-bond donors (Lipinski definition) is 2. The van der Waals surface area contributed by atoms with Gasteiger partial charge in [-0.25, -0.2) is 0 Å². The van der Waals surface area contributed by atoms with Crippen LogP contribution in [0.2, 0.25) is 0 Å². The molecule has 3 N–H and O–H groups in total. The monoisotopic (exact) mass is 414 g/mol. The summed E-state index contributed by atoms with van der Waals surface area (Å²) in [5, 5.41) is 3.09. The lowest BCUT2D eigenvalue weighted by molar-refractivity contribution is -0.120. The van der Waals surface area contributed by atoms with E-state index in [0.29, 0.717) is 5.56 Å². The molecule has 0 aliphatic heterocycles. The molecule has 2 aromatic rings. The number of nitrogens with one attached hydrogen (secondary N) is 1. The molecule has 2 amide bonds. The Morgan fingerprint density at radius 3 is 2.03 bits per heavy atom. The van der Waals surface area contributed by atoms with Crippen LogP contribution < -0.4 is 25.3 Å². The van der Waals surface area contributed by atoms with Gasteiger partial charge in [0, 0.05) is 5.56 Å². The van der Waals surface area contributed by atoms with Crippen molar-refractivity contribution >= 4 is 11.8 Å². The Balaban J connectivity index is 2.32. The highest BCUT2D eigenvalue weighted by Gasteiger charge is 2.22. The first-order valence-corrected chi connectivity index (χ1v) is 9.87. The van der Waals surface area contributed by atoms with Gasteiger partial charge in [-0.15, -0.1) is 0 Å². The number of ether oxygens (including phenoxy) is 3. The van der Waals surface area contributed by atoms with Crippen LogP contribution in [0, 0.1) is 5.92 Å². The molecule has 30 heavy (non-hydrogen) atoms. The fraction of sp³-hybridized carbons (Fsp3) is 0.391. The molecule has 0 saturated carbocycles. The lowest BCUT2D eigenvalue weighted by atomic mass is 9.94. The van der Waals surface area contributed by atoms with E-state index < -0.39 is 5.91 Å². The highest BCUT2D eigenvalue weighted by molar-refractivity contribution is 5.96. The van der Waals surface area contributed by atoms with Gasteiger partial charge in [0.05, 0.1) is 20.3 Å². The molecule has 1 unspecified atom stereocenters. The van der Waals surface area contributed by atoms with E-state index in [1.165, 1.54) is 19.8 Å². The van der Waals surface area contributed by atoms with E-state index >= 15 is 0 Å². The Morgan fingerprint density at radius 2 is 1.60 bits per heavy atom. The molecule has 0 spiro atoms. The van der Waals surface area contributed by atoms with Crippen molar-refractivity contribution in [3.05, 3.63) is 53.1 Å². The number of hydrogen-bond acceptors (Lipinski definition) is 5. The van der Waals surface area contributed by atoms with E-state index in [0.717, 1.165) is 12.0 Å². The summed E-state index contributed by atoms with van der Waals surface area (Å²) in [6.45, 7) is 5.89. The van der Waals surface area contributed by atoms with Crippen molar-refractivity contribution in [2.45, 2.75) is 33.2 Å². The van der Waals surface area contributed by atoms with Gasteiger partial charge < -0.3 is 25.3 Å². The predicted octanol–water partition coefficient (Wildman–Crippen LogP) is 3.26. The number of amides is 2. The molecular formula is C23H30N2O5. The molecule has 162 valence electrons. The molecule has 0 fully saturated rings. The SMILES string of the molecule is CCc1ccc(C(NC(=O)c2cc(OC)c(OCC(N)=O)c(OC)c2)C(C)C)cc1. The summed E-state index contributed by atoms with van der Waals surface area (Å²) in [7, 11) is 2.89. The number of aryl methyl sites for hydroxylation is 1. The summed E-state index contributed by atoms with van der Waals surface area (Å²) in [5.41, 5.74) is 7.78. The summed E-state index contributed by atoms with van der Waals surface area (Å²) in [5.74, 6) is 0.0405. The molecule has 0 saturated heterocycles. The number of rotatable bonds is 10. The predicted molar refractivity (Wildman–Crippen MR) is 115 cm³/mol. The van der Waals surface area contributed by atoms with Crippen LogP contribution in [0.1, 0.15) is 48.3 Å². The van der Waals surface area contributed by atoms with Crippen LogP contribution in [0.5, 0.6) is 17.2 Å². The van der Waals surface area contributed by atoms with E-state index in [2.05, 4.69) is 38.2 Å². The zero-order valence-electron chi connectivity index (χ0n) is 18.2. The average Bonchev–Trinajstić information content (AvgIpc) is 2.74. The summed E-state index contributed by atoms with van der Waals surface area (Å²) in [6, 6.07) is 11.2. The molecule has 0 aliphatic rings. The molecule has 0 radical (unpaired) electrons. The molecule has 0 aromatic heterocycles. The van der Waals surface area contributed by atoms with E-state index in [9.17, 15) is 9.59 Å². The second-order valence-electron chi connectivity index (χ2n) is 7.26. The molecule has 0 heterocycles. The number of benzene rings is 2. The Morgan fingerprint density at radius 1 is 1.03 bits per heavy atom. The van der Waals surface area contributed by atoms with Gasteiger partial charge in [-0.05, 0) is 35.6 Å². The van der Waals surface area contributed by atoms with Crippen LogP contribution in [-0.2, 0) is 11.2 Å². The Hall–Kier alpha value is -3.22. The molecule has 7 heteroatoms. The molecule has 0 bridgehead atoms. The second kappa shape index (κ2) is 10.5. The van der Waals surface area contributed by atoms with E-state index in [1.54, 1.807) is 12.1 Å². The minimum atomic E-state index is -0.630. The van der Waals surface area contributed by atoms with Gasteiger partial charge in [-0.1, -0.05) is 45.0 Å². The molecule has 1 atom stereocenters. The molecular weight excluding hydrogens is 384 g/mol. The number of primary amides is 1. The van der Waals surface area contributed by atoms with Crippen LogP contribution in [0.3, 0.4) is 0 Å². The fourth-order valence-electron chi connectivity index (χ4n) is 3.12. The number of methoxy groups -OCH3 is 2. The van der Waals surface area contributed by atoms with Crippen LogP contribution in [-0.4, -0.2) is 32.6 Å². The standard InChI is InChI=1S/C23H30N2O5/c1-6-15-7-9-16(10-8-15)21(14(2)3)25-23(27)17-11-18(28-4)22(19(12-17)29-5)30-13-20(24)26/h7-12,14,21H,6,13H2,1-5H3,(H2,24,26)(H,25,27). The molecule has 7 nitrogen and oxygen atoms in total. The highest BCUT2D eigenvalue weighted by Crippen LogP contribution is 2.38. The Bertz CT molecular complexity index is 853. The third-order valence-corrected chi connectivity index (χ3v) is 4.78. The van der Waals surface area contributed by atoms with Crippen molar-refractivity contribution in [2.75, 3.05) is 20.8 Å².